The molecule has 0 spiro atoms. The summed E-state index contributed by atoms with van der Waals surface area (Å²) in [5, 5.41) is 0. The summed E-state index contributed by atoms with van der Waals surface area (Å²) in [4.78, 5) is 0. The van der Waals surface area contributed by atoms with Crippen molar-refractivity contribution in [1.29, 1.82) is 0 Å². The number of halogens is 1. The summed E-state index contributed by atoms with van der Waals surface area (Å²) in [6, 6.07) is 0. The first-order valence-electron chi connectivity index (χ1n) is 8.53. The molecule has 0 heterocycles. The molecule has 0 radical (unpaired) electrons. The van der Waals surface area contributed by atoms with Gasteiger partial charge in [0.1, 0.15) is 0 Å². The van der Waals surface area contributed by atoms with Gasteiger partial charge in [0, 0.05) is 0 Å². The standard InChI is InChI=1S/C16H34ClO2P/c1-3-5-7-9-11-13-15-18-20(17)19-16-14-12-10-8-6-4-2/h3-16H2,1-2H3. The molecule has 0 aromatic rings. The molecule has 0 atom stereocenters. The van der Waals surface area contributed by atoms with Crippen molar-refractivity contribution in [2.24, 2.45) is 0 Å². The van der Waals surface area contributed by atoms with Crippen molar-refractivity contribution < 1.29 is 9.05 Å². The Morgan fingerprint density at radius 2 is 0.950 bits per heavy atom. The molecule has 0 bridgehead atoms. The van der Waals surface area contributed by atoms with Gasteiger partial charge < -0.3 is 9.05 Å². The van der Waals surface area contributed by atoms with Crippen molar-refractivity contribution >= 4 is 19.0 Å². The fourth-order valence-electron chi connectivity index (χ4n) is 2.07. The smallest absolute Gasteiger partial charge is 0.276 e. The average molecular weight is 325 g/mol. The van der Waals surface area contributed by atoms with Gasteiger partial charge in [-0.3, -0.25) is 0 Å². The zero-order valence-electron chi connectivity index (χ0n) is 13.5. The predicted octanol–water partition coefficient (Wildman–Crippen LogP) is 7.21. The fourth-order valence-corrected chi connectivity index (χ4v) is 3.11. The number of hydrogen-bond acceptors (Lipinski definition) is 2. The average Bonchev–Trinajstić information content (AvgIpc) is 2.45. The Balaban J connectivity index is 3.11. The van der Waals surface area contributed by atoms with Crippen LogP contribution in [-0.2, 0) is 9.05 Å². The van der Waals surface area contributed by atoms with Crippen LogP contribution in [0.2, 0.25) is 0 Å². The largest absolute Gasteiger partial charge is 0.322 e. The molecule has 4 heteroatoms. The lowest BCUT2D eigenvalue weighted by Gasteiger charge is -2.10. The van der Waals surface area contributed by atoms with Gasteiger partial charge in [0.15, 0.2) is 0 Å². The lowest BCUT2D eigenvalue weighted by Crippen LogP contribution is -1.93. The van der Waals surface area contributed by atoms with Crippen molar-refractivity contribution in [3.8, 4) is 0 Å². The second-order valence-corrected chi connectivity index (χ2v) is 7.18. The van der Waals surface area contributed by atoms with E-state index in [1.165, 1.54) is 64.2 Å². The Bertz CT molecular complexity index is 164. The summed E-state index contributed by atoms with van der Waals surface area (Å²) < 4.78 is 11.0. The second-order valence-electron chi connectivity index (χ2n) is 5.41. The van der Waals surface area contributed by atoms with E-state index in [-0.39, 0.29) is 0 Å². The SMILES string of the molecule is CCCCCCCCOP(Cl)OCCCCCCCC. The van der Waals surface area contributed by atoms with Crippen LogP contribution in [0, 0.1) is 0 Å². The van der Waals surface area contributed by atoms with E-state index in [4.69, 9.17) is 20.3 Å². The van der Waals surface area contributed by atoms with Crippen LogP contribution in [0.25, 0.3) is 0 Å². The first kappa shape index (κ1) is 20.6. The minimum atomic E-state index is -1.16. The van der Waals surface area contributed by atoms with Crippen LogP contribution in [-0.4, -0.2) is 13.2 Å². The highest BCUT2D eigenvalue weighted by Crippen LogP contribution is 2.43. The van der Waals surface area contributed by atoms with Gasteiger partial charge in [0.2, 0.25) is 0 Å². The zero-order valence-corrected chi connectivity index (χ0v) is 15.2. The first-order valence-corrected chi connectivity index (χ1v) is 10.6. The van der Waals surface area contributed by atoms with E-state index in [2.05, 4.69) is 13.8 Å². The van der Waals surface area contributed by atoms with Crippen molar-refractivity contribution in [1.82, 2.24) is 0 Å². The first-order chi connectivity index (χ1) is 9.81. The highest BCUT2D eigenvalue weighted by Gasteiger charge is 2.05. The van der Waals surface area contributed by atoms with Gasteiger partial charge in [-0.05, 0) is 24.1 Å². The van der Waals surface area contributed by atoms with Gasteiger partial charge in [-0.2, -0.15) is 0 Å². The summed E-state index contributed by atoms with van der Waals surface area (Å²) >= 11 is 6.03. The predicted molar refractivity (Wildman–Crippen MR) is 91.4 cm³/mol. The highest BCUT2D eigenvalue weighted by atomic mass is 35.7. The Hall–Kier alpha value is 0.640. The number of hydrogen-bond donors (Lipinski definition) is 0. The number of rotatable bonds is 16. The molecule has 0 aliphatic carbocycles. The summed E-state index contributed by atoms with van der Waals surface area (Å²) in [7, 11) is -1.16. The molecule has 0 saturated heterocycles. The summed E-state index contributed by atoms with van der Waals surface area (Å²) in [5.74, 6) is 0. The molecule has 0 aliphatic rings. The molecule has 0 saturated carbocycles. The van der Waals surface area contributed by atoms with E-state index < -0.39 is 7.73 Å². The van der Waals surface area contributed by atoms with Crippen LogP contribution < -0.4 is 0 Å². The maximum absolute atomic E-state index is 6.03. The summed E-state index contributed by atoms with van der Waals surface area (Å²) in [6.07, 6.45) is 15.3. The fraction of sp³-hybridized carbons (Fsp3) is 1.00. The molecule has 0 amide bonds. The normalized spacial score (nSPS) is 11.4. The van der Waals surface area contributed by atoms with Gasteiger partial charge in [0.05, 0.1) is 13.2 Å². The molecule has 0 aromatic carbocycles. The Kier molecular flexibility index (Phi) is 18.3. The van der Waals surface area contributed by atoms with Crippen molar-refractivity contribution in [3.05, 3.63) is 0 Å². The van der Waals surface area contributed by atoms with E-state index in [1.807, 2.05) is 0 Å². The van der Waals surface area contributed by atoms with Crippen LogP contribution in [0.5, 0.6) is 0 Å². The Morgan fingerprint density at radius 3 is 1.35 bits per heavy atom. The van der Waals surface area contributed by atoms with E-state index >= 15 is 0 Å². The third-order valence-corrected chi connectivity index (χ3v) is 4.74. The molecular formula is C16H34ClO2P. The van der Waals surface area contributed by atoms with Gasteiger partial charge in [-0.25, -0.2) is 0 Å². The van der Waals surface area contributed by atoms with E-state index in [1.54, 1.807) is 0 Å². The molecule has 0 aliphatic heterocycles. The third-order valence-electron chi connectivity index (χ3n) is 3.38. The van der Waals surface area contributed by atoms with Crippen molar-refractivity contribution in [2.45, 2.75) is 90.9 Å². The van der Waals surface area contributed by atoms with Crippen LogP contribution in [0.15, 0.2) is 0 Å². The van der Waals surface area contributed by atoms with Crippen LogP contribution in [0.4, 0.5) is 0 Å². The molecule has 0 N–H and O–H groups in total. The van der Waals surface area contributed by atoms with Gasteiger partial charge in [0.25, 0.3) is 7.73 Å². The molecule has 2 nitrogen and oxygen atoms in total. The number of unbranched alkanes of at least 4 members (excludes halogenated alkanes) is 10. The summed E-state index contributed by atoms with van der Waals surface area (Å²) in [6.45, 7) is 5.98. The van der Waals surface area contributed by atoms with Gasteiger partial charge in [-0.15, -0.1) is 0 Å². The molecule has 20 heavy (non-hydrogen) atoms. The van der Waals surface area contributed by atoms with Gasteiger partial charge >= 0.3 is 0 Å². The molecular weight excluding hydrogens is 291 g/mol. The quantitative estimate of drug-likeness (QED) is 0.220. The topological polar surface area (TPSA) is 18.5 Å². The third kappa shape index (κ3) is 16.7. The van der Waals surface area contributed by atoms with E-state index in [9.17, 15) is 0 Å². The molecule has 0 fully saturated rings. The monoisotopic (exact) mass is 324 g/mol. The van der Waals surface area contributed by atoms with Crippen molar-refractivity contribution in [2.75, 3.05) is 13.2 Å². The minimum absolute atomic E-state index is 0.748. The molecule has 0 unspecified atom stereocenters. The maximum Gasteiger partial charge on any atom is 0.276 e. The molecule has 122 valence electrons. The zero-order chi connectivity index (χ0) is 14.9. The van der Waals surface area contributed by atoms with Crippen molar-refractivity contribution in [3.63, 3.8) is 0 Å². The van der Waals surface area contributed by atoms with Gasteiger partial charge in [-0.1, -0.05) is 78.1 Å². The second kappa shape index (κ2) is 17.7. The van der Waals surface area contributed by atoms with E-state index in [0.717, 1.165) is 26.1 Å². The molecule has 0 aromatic heterocycles. The Morgan fingerprint density at radius 1 is 0.600 bits per heavy atom. The highest BCUT2D eigenvalue weighted by molar-refractivity contribution is 7.76. The van der Waals surface area contributed by atoms with E-state index in [0.29, 0.717) is 0 Å². The lowest BCUT2D eigenvalue weighted by molar-refractivity contribution is 0.250. The van der Waals surface area contributed by atoms with Crippen LogP contribution in [0.3, 0.4) is 0 Å². The summed E-state index contributed by atoms with van der Waals surface area (Å²) in [5.41, 5.74) is 0. The minimum Gasteiger partial charge on any atom is -0.322 e. The Labute approximate surface area is 132 Å². The lowest BCUT2D eigenvalue weighted by atomic mass is 10.1. The molecule has 0 rings (SSSR count). The van der Waals surface area contributed by atoms with Crippen LogP contribution in [0.1, 0.15) is 90.9 Å². The van der Waals surface area contributed by atoms with Crippen LogP contribution >= 0.6 is 19.0 Å². The maximum atomic E-state index is 6.03.